The summed E-state index contributed by atoms with van der Waals surface area (Å²) < 4.78 is 28.5. The van der Waals surface area contributed by atoms with E-state index >= 15 is 0 Å². The van der Waals surface area contributed by atoms with E-state index < -0.39 is 40.4 Å². The number of amides is 2. The molecule has 7 N–H and O–H groups in total. The van der Waals surface area contributed by atoms with Gasteiger partial charge in [-0.2, -0.15) is 4.31 Å². The minimum absolute atomic E-state index is 0.0148. The molecule has 2 amide bonds. The number of aliphatic carboxylic acids is 1. The van der Waals surface area contributed by atoms with Gasteiger partial charge in [0, 0.05) is 66.4 Å². The monoisotopic (exact) mass is 602 g/mol. The molecule has 0 saturated carbocycles. The van der Waals surface area contributed by atoms with Gasteiger partial charge < -0.3 is 31.4 Å². The minimum atomic E-state index is -4.07. The van der Waals surface area contributed by atoms with Crippen molar-refractivity contribution in [1.29, 1.82) is 5.41 Å². The van der Waals surface area contributed by atoms with Crippen LogP contribution in [0.2, 0.25) is 0 Å². The highest BCUT2D eigenvalue weighted by Gasteiger charge is 2.39. The molecule has 1 fully saturated rings. The number of fused-ring (bicyclic) bond motifs is 2. The fourth-order valence-corrected chi connectivity index (χ4v) is 7.50. The topological polar surface area (TPSA) is 215 Å². The van der Waals surface area contributed by atoms with Crippen LogP contribution < -0.4 is 16.4 Å². The molecule has 16 heteroatoms. The Hall–Kier alpha value is -3.86. The first-order chi connectivity index (χ1) is 19.4. The lowest BCUT2D eigenvalue weighted by Gasteiger charge is -2.40. The second-order valence-electron chi connectivity index (χ2n) is 10.1. The second kappa shape index (κ2) is 11.2. The van der Waals surface area contributed by atoms with E-state index in [1.54, 1.807) is 18.2 Å². The number of hydrogen-bond donors (Lipinski definition) is 6. The van der Waals surface area contributed by atoms with Crippen molar-refractivity contribution in [3.63, 3.8) is 0 Å². The van der Waals surface area contributed by atoms with Crippen molar-refractivity contribution in [2.45, 2.75) is 43.4 Å². The Morgan fingerprint density at radius 2 is 2.05 bits per heavy atom. The van der Waals surface area contributed by atoms with Crippen molar-refractivity contribution in [2.24, 2.45) is 5.73 Å². The van der Waals surface area contributed by atoms with Crippen LogP contribution in [0.25, 0.3) is 10.9 Å². The summed E-state index contributed by atoms with van der Waals surface area (Å²) in [5.41, 5.74) is 7.42. The van der Waals surface area contributed by atoms with E-state index in [-0.39, 0.29) is 48.0 Å². The molecule has 2 aliphatic rings. The van der Waals surface area contributed by atoms with Gasteiger partial charge >= 0.3 is 5.97 Å². The predicted octanol–water partition coefficient (Wildman–Crippen LogP) is 0.0489. The highest BCUT2D eigenvalue weighted by atomic mass is 32.2. The van der Waals surface area contributed by atoms with E-state index in [0.717, 1.165) is 10.6 Å². The Labute approximate surface area is 239 Å². The molecule has 0 aliphatic carbocycles. The van der Waals surface area contributed by atoms with Crippen LogP contribution in [0.4, 0.5) is 0 Å². The zero-order valence-corrected chi connectivity index (χ0v) is 23.8. The van der Waals surface area contributed by atoms with Crippen molar-refractivity contribution in [1.82, 2.24) is 29.8 Å². The number of carbonyl (C=O) groups excluding carboxylic acids is 2. The molecule has 4 heterocycles. The first kappa shape index (κ1) is 28.7. The third kappa shape index (κ3) is 5.95. The van der Waals surface area contributed by atoms with Crippen LogP contribution in [-0.4, -0.2) is 94.6 Å². The number of thiazole rings is 1. The first-order valence-electron chi connectivity index (χ1n) is 12.9. The maximum atomic E-state index is 13.7. The van der Waals surface area contributed by atoms with E-state index in [0.29, 0.717) is 29.4 Å². The zero-order valence-electron chi connectivity index (χ0n) is 22.1. The lowest BCUT2D eigenvalue weighted by molar-refractivity contribution is -0.138. The number of benzene rings is 1. The molecular formula is C25H30N8O6S2. The van der Waals surface area contributed by atoms with Crippen LogP contribution in [0.1, 0.15) is 39.3 Å². The number of rotatable bonds is 8. The van der Waals surface area contributed by atoms with Crippen LogP contribution in [0, 0.1) is 5.41 Å². The highest BCUT2D eigenvalue weighted by Crippen LogP contribution is 2.28. The molecule has 14 nitrogen and oxygen atoms in total. The maximum Gasteiger partial charge on any atom is 0.322 e. The number of piperazine rings is 1. The van der Waals surface area contributed by atoms with E-state index in [1.165, 1.54) is 26.6 Å². The standard InChI is InChI=1S/C25H30N8O6S2/c1-13-6-18-19(10-28-13)40-24(31-18)25(37)33-5-4-32(12-16(33)9-20(34)29-11-22(35)36)41(38,39)21-8-15-7-14(23(26)27)2-3-17(15)30-21/h2-3,7-8,13,16,28,30H,4-6,9-12H2,1H3,(H3,26,27)(H,29,34)(H,35,36). The number of aromatic nitrogens is 2. The average molecular weight is 603 g/mol. The molecule has 3 aromatic rings. The summed E-state index contributed by atoms with van der Waals surface area (Å²) in [5.74, 6) is -2.38. The molecule has 1 aromatic carbocycles. The summed E-state index contributed by atoms with van der Waals surface area (Å²) in [6, 6.07) is 5.70. The van der Waals surface area contributed by atoms with Gasteiger partial charge in [0.05, 0.1) is 11.7 Å². The van der Waals surface area contributed by atoms with Crippen molar-refractivity contribution in [2.75, 3.05) is 26.2 Å². The number of carboxylic acid groups (broad SMARTS) is 1. The molecule has 2 atom stereocenters. The van der Waals surface area contributed by atoms with Gasteiger partial charge in [-0.25, -0.2) is 13.4 Å². The minimum Gasteiger partial charge on any atom is -0.480 e. The molecular weight excluding hydrogens is 572 g/mol. The van der Waals surface area contributed by atoms with Crippen LogP contribution in [0.3, 0.4) is 0 Å². The number of hydrogen-bond acceptors (Lipinski definition) is 9. The molecule has 0 radical (unpaired) electrons. The molecule has 0 bridgehead atoms. The first-order valence-corrected chi connectivity index (χ1v) is 15.2. The molecule has 2 aromatic heterocycles. The van der Waals surface area contributed by atoms with E-state index in [1.807, 2.05) is 6.92 Å². The average Bonchev–Trinajstić information content (AvgIpc) is 3.55. The summed E-state index contributed by atoms with van der Waals surface area (Å²) in [6.45, 7) is 1.87. The Bertz CT molecular complexity index is 1650. The van der Waals surface area contributed by atoms with Crippen LogP contribution >= 0.6 is 11.3 Å². The van der Waals surface area contributed by atoms with Gasteiger partial charge in [-0.1, -0.05) is 0 Å². The van der Waals surface area contributed by atoms with Crippen molar-refractivity contribution < 1.29 is 27.9 Å². The number of nitrogens with one attached hydrogen (secondary N) is 4. The van der Waals surface area contributed by atoms with E-state index in [2.05, 4.69) is 20.6 Å². The Balaban J connectivity index is 1.40. The number of nitrogen functional groups attached to an aromatic ring is 1. The summed E-state index contributed by atoms with van der Waals surface area (Å²) in [5, 5.41) is 23.0. The van der Waals surface area contributed by atoms with Gasteiger partial charge in [0.15, 0.2) is 5.01 Å². The van der Waals surface area contributed by atoms with Gasteiger partial charge in [-0.05, 0) is 31.2 Å². The normalized spacial score (nSPS) is 19.6. The zero-order chi connectivity index (χ0) is 29.5. The molecule has 5 rings (SSSR count). The second-order valence-corrected chi connectivity index (χ2v) is 13.1. The smallest absolute Gasteiger partial charge is 0.322 e. The van der Waals surface area contributed by atoms with Crippen LogP contribution in [0.5, 0.6) is 0 Å². The predicted molar refractivity (Wildman–Crippen MR) is 150 cm³/mol. The summed E-state index contributed by atoms with van der Waals surface area (Å²) in [6.07, 6.45) is 0.397. The number of nitrogens with two attached hydrogens (primary N) is 1. The fourth-order valence-electron chi connectivity index (χ4n) is 5.02. The van der Waals surface area contributed by atoms with Gasteiger partial charge in [-0.3, -0.25) is 19.8 Å². The van der Waals surface area contributed by atoms with Gasteiger partial charge in [-0.15, -0.1) is 11.3 Å². The van der Waals surface area contributed by atoms with Crippen LogP contribution in [-0.2, 0) is 32.6 Å². The molecule has 2 aliphatic heterocycles. The van der Waals surface area contributed by atoms with Gasteiger partial charge in [0.25, 0.3) is 15.9 Å². The molecule has 1 saturated heterocycles. The van der Waals surface area contributed by atoms with Gasteiger partial charge in [0.2, 0.25) is 5.91 Å². The largest absolute Gasteiger partial charge is 0.480 e. The van der Waals surface area contributed by atoms with Crippen molar-refractivity contribution in [3.8, 4) is 0 Å². The highest BCUT2D eigenvalue weighted by molar-refractivity contribution is 7.89. The third-order valence-corrected chi connectivity index (χ3v) is 10.0. The third-order valence-electron chi connectivity index (χ3n) is 7.16. The maximum absolute atomic E-state index is 13.7. The quantitative estimate of drug-likeness (QED) is 0.151. The number of amidine groups is 1. The number of nitrogens with zero attached hydrogens (tertiary/aromatic N) is 3. The van der Waals surface area contributed by atoms with Crippen molar-refractivity contribution in [3.05, 3.63) is 45.4 Å². The Morgan fingerprint density at radius 3 is 2.78 bits per heavy atom. The molecule has 41 heavy (non-hydrogen) atoms. The van der Waals surface area contributed by atoms with Crippen molar-refractivity contribution >= 4 is 55.9 Å². The van der Waals surface area contributed by atoms with Gasteiger partial charge in [0.1, 0.15) is 17.4 Å². The molecule has 0 spiro atoms. The lowest BCUT2D eigenvalue weighted by Crippen LogP contribution is -2.57. The number of carbonyl (C=O) groups is 3. The lowest BCUT2D eigenvalue weighted by atomic mass is 10.1. The number of H-pyrrole nitrogens is 1. The SMILES string of the molecule is CC1Cc2nc(C(=O)N3CCN(S(=O)(=O)c4cc5cc(C(=N)N)ccc5[nH]4)CC3CC(=O)NCC(=O)O)sc2CN1. The van der Waals surface area contributed by atoms with E-state index in [9.17, 15) is 22.8 Å². The number of carboxylic acids is 1. The summed E-state index contributed by atoms with van der Waals surface area (Å²) in [7, 11) is -4.07. The van der Waals surface area contributed by atoms with Crippen LogP contribution in [0.15, 0.2) is 29.3 Å². The molecule has 218 valence electrons. The Kier molecular flexibility index (Phi) is 7.83. The summed E-state index contributed by atoms with van der Waals surface area (Å²) >= 11 is 1.28. The fraction of sp³-hybridized carbons (Fsp3) is 0.400. The number of sulfonamides is 1. The number of aromatic amines is 1. The van der Waals surface area contributed by atoms with E-state index in [4.69, 9.17) is 16.2 Å². The Morgan fingerprint density at radius 1 is 1.27 bits per heavy atom. The summed E-state index contributed by atoms with van der Waals surface area (Å²) in [4.78, 5) is 47.0. The molecule has 2 unspecified atom stereocenters.